The molecule has 4 N–H and O–H groups in total. The Morgan fingerprint density at radius 2 is 1.69 bits per heavy atom. The van der Waals surface area contributed by atoms with Crippen molar-refractivity contribution in [2.45, 2.75) is 0 Å². The van der Waals surface area contributed by atoms with Crippen LogP contribution in [0, 0.1) is 0 Å². The van der Waals surface area contributed by atoms with Gasteiger partial charge in [0, 0.05) is 12.2 Å². The van der Waals surface area contributed by atoms with Crippen molar-refractivity contribution in [2.24, 2.45) is 0 Å². The summed E-state index contributed by atoms with van der Waals surface area (Å²) < 4.78 is 0. The van der Waals surface area contributed by atoms with E-state index in [9.17, 15) is 19.8 Å². The van der Waals surface area contributed by atoms with E-state index in [0.717, 1.165) is 6.08 Å². The maximum absolute atomic E-state index is 11.1. The van der Waals surface area contributed by atoms with Crippen LogP contribution in [0.3, 0.4) is 0 Å². The van der Waals surface area contributed by atoms with Crippen molar-refractivity contribution in [3.05, 3.63) is 30.4 Å². The monoisotopic (exact) mass is 223 g/mol. The summed E-state index contributed by atoms with van der Waals surface area (Å²) in [7, 11) is 0. The van der Waals surface area contributed by atoms with Gasteiger partial charge in [0.05, 0.1) is 0 Å². The van der Waals surface area contributed by atoms with Gasteiger partial charge in [-0.2, -0.15) is 0 Å². The number of rotatable bonds is 3. The Bertz CT molecular complexity index is 432. The van der Waals surface area contributed by atoms with Crippen molar-refractivity contribution in [2.75, 3.05) is 5.32 Å². The fourth-order valence-electron chi connectivity index (χ4n) is 0.968. The summed E-state index contributed by atoms with van der Waals surface area (Å²) in [5.41, 5.74) is -0.164. The van der Waals surface area contributed by atoms with Crippen molar-refractivity contribution in [3.8, 4) is 11.5 Å². The average molecular weight is 223 g/mol. The van der Waals surface area contributed by atoms with Gasteiger partial charge in [-0.3, -0.25) is 4.79 Å². The fourth-order valence-corrected chi connectivity index (χ4v) is 0.968. The molecule has 0 fully saturated rings. The molecule has 0 aliphatic carbocycles. The van der Waals surface area contributed by atoms with Gasteiger partial charge in [0.15, 0.2) is 0 Å². The van der Waals surface area contributed by atoms with Crippen LogP contribution in [0.1, 0.15) is 0 Å². The lowest BCUT2D eigenvalue weighted by molar-refractivity contribution is -0.131. The smallest absolute Gasteiger partial charge is 0.328 e. The number of hydrogen-bond donors (Lipinski definition) is 4. The molecule has 0 atom stereocenters. The molecular weight excluding hydrogens is 214 g/mol. The summed E-state index contributed by atoms with van der Waals surface area (Å²) in [5.74, 6) is -2.65. The highest BCUT2D eigenvalue weighted by molar-refractivity contribution is 6.03. The lowest BCUT2D eigenvalue weighted by Gasteiger charge is -2.06. The number of nitrogens with one attached hydrogen (secondary N) is 1. The second-order valence-electron chi connectivity index (χ2n) is 2.83. The van der Waals surface area contributed by atoms with Crippen LogP contribution >= 0.6 is 0 Å². The van der Waals surface area contributed by atoms with Crippen LogP contribution in [-0.2, 0) is 9.59 Å². The first-order chi connectivity index (χ1) is 7.50. The molecule has 0 aromatic heterocycles. The quantitative estimate of drug-likeness (QED) is 0.445. The molecular formula is C10H9NO5. The van der Waals surface area contributed by atoms with Crippen molar-refractivity contribution < 1.29 is 24.9 Å². The van der Waals surface area contributed by atoms with Gasteiger partial charge in [-0.25, -0.2) is 4.79 Å². The second-order valence-corrected chi connectivity index (χ2v) is 2.83. The molecule has 1 aromatic rings. The number of anilines is 1. The van der Waals surface area contributed by atoms with Crippen LogP contribution in [0.5, 0.6) is 11.5 Å². The predicted molar refractivity (Wildman–Crippen MR) is 55.2 cm³/mol. The van der Waals surface area contributed by atoms with Crippen LogP contribution in [0.4, 0.5) is 5.69 Å². The molecule has 84 valence electrons. The van der Waals surface area contributed by atoms with E-state index in [4.69, 9.17) is 5.11 Å². The molecule has 0 radical (unpaired) electrons. The number of phenols is 2. The Kier molecular flexibility index (Phi) is 3.49. The van der Waals surface area contributed by atoms with Crippen LogP contribution in [-0.4, -0.2) is 27.2 Å². The van der Waals surface area contributed by atoms with E-state index in [1.807, 2.05) is 0 Å². The Morgan fingerprint density at radius 3 is 2.19 bits per heavy atom. The summed E-state index contributed by atoms with van der Waals surface area (Å²) in [5, 5.41) is 29.0. The number of carboxylic acid groups (broad SMARTS) is 1. The van der Waals surface area contributed by atoms with Crippen LogP contribution < -0.4 is 5.32 Å². The second kappa shape index (κ2) is 4.83. The number of carboxylic acids is 1. The zero-order valence-corrected chi connectivity index (χ0v) is 8.04. The highest BCUT2D eigenvalue weighted by Gasteiger charge is 2.08. The number of aromatic hydroxyl groups is 2. The molecule has 16 heavy (non-hydrogen) atoms. The van der Waals surface area contributed by atoms with Gasteiger partial charge in [0.2, 0.25) is 5.91 Å². The SMILES string of the molecule is O=C(O)/C=C/C(=O)Nc1c(O)cccc1O. The summed E-state index contributed by atoms with van der Waals surface area (Å²) in [6.45, 7) is 0. The van der Waals surface area contributed by atoms with Gasteiger partial charge in [-0.15, -0.1) is 0 Å². The van der Waals surface area contributed by atoms with Crippen molar-refractivity contribution >= 4 is 17.6 Å². The summed E-state index contributed by atoms with van der Waals surface area (Å²) in [4.78, 5) is 21.3. The van der Waals surface area contributed by atoms with Gasteiger partial charge in [-0.05, 0) is 12.1 Å². The number of carbonyl (C=O) groups excluding carboxylic acids is 1. The number of amides is 1. The molecule has 1 amide bonds. The van der Waals surface area contributed by atoms with Crippen molar-refractivity contribution in [1.29, 1.82) is 0 Å². The minimum absolute atomic E-state index is 0.164. The lowest BCUT2D eigenvalue weighted by atomic mass is 10.2. The molecule has 0 bridgehead atoms. The molecule has 0 aliphatic heterocycles. The van der Waals surface area contributed by atoms with Gasteiger partial charge >= 0.3 is 5.97 Å². The Hall–Kier alpha value is -2.50. The summed E-state index contributed by atoms with van der Waals surface area (Å²) >= 11 is 0. The maximum Gasteiger partial charge on any atom is 0.328 e. The van der Waals surface area contributed by atoms with E-state index in [0.29, 0.717) is 6.08 Å². The highest BCUT2D eigenvalue weighted by Crippen LogP contribution is 2.32. The number of carbonyl (C=O) groups is 2. The first kappa shape index (κ1) is 11.6. The van der Waals surface area contributed by atoms with Gasteiger partial charge in [-0.1, -0.05) is 6.07 Å². The molecule has 0 saturated carbocycles. The predicted octanol–water partition coefficient (Wildman–Crippen LogP) is 0.677. The number of para-hydroxylation sites is 1. The summed E-state index contributed by atoms with van der Waals surface area (Å²) in [6.07, 6.45) is 1.42. The normalized spacial score (nSPS) is 10.2. The molecule has 6 nitrogen and oxygen atoms in total. The molecule has 6 heteroatoms. The van der Waals surface area contributed by atoms with Crippen LogP contribution in [0.25, 0.3) is 0 Å². The number of benzene rings is 1. The van der Waals surface area contributed by atoms with Gasteiger partial charge < -0.3 is 20.6 Å². The number of hydrogen-bond acceptors (Lipinski definition) is 4. The third-order valence-electron chi connectivity index (χ3n) is 1.65. The highest BCUT2D eigenvalue weighted by atomic mass is 16.4. The van der Waals surface area contributed by atoms with Crippen LogP contribution in [0.2, 0.25) is 0 Å². The standard InChI is InChI=1S/C10H9NO5/c12-6-2-1-3-7(13)10(6)11-8(14)4-5-9(15)16/h1-5,12-13H,(H,11,14)(H,15,16)/b5-4+. The molecule has 0 unspecified atom stereocenters. The minimum Gasteiger partial charge on any atom is -0.506 e. The first-order valence-electron chi connectivity index (χ1n) is 4.23. The first-order valence-corrected chi connectivity index (χ1v) is 4.23. The van der Waals surface area contributed by atoms with Gasteiger partial charge in [0.25, 0.3) is 0 Å². The topological polar surface area (TPSA) is 107 Å². The Morgan fingerprint density at radius 1 is 1.12 bits per heavy atom. The molecule has 1 rings (SSSR count). The van der Waals surface area contributed by atoms with E-state index >= 15 is 0 Å². The van der Waals surface area contributed by atoms with Crippen LogP contribution in [0.15, 0.2) is 30.4 Å². The third-order valence-corrected chi connectivity index (χ3v) is 1.65. The maximum atomic E-state index is 11.1. The number of aliphatic carboxylic acids is 1. The molecule has 1 aromatic carbocycles. The van der Waals surface area contributed by atoms with E-state index in [2.05, 4.69) is 5.32 Å². The van der Waals surface area contributed by atoms with E-state index in [1.54, 1.807) is 0 Å². The van der Waals surface area contributed by atoms with Gasteiger partial charge in [0.1, 0.15) is 17.2 Å². The molecule has 0 spiro atoms. The largest absolute Gasteiger partial charge is 0.506 e. The number of phenolic OH excluding ortho intramolecular Hbond substituents is 2. The van der Waals surface area contributed by atoms with Crippen molar-refractivity contribution in [1.82, 2.24) is 0 Å². The van der Waals surface area contributed by atoms with Crippen molar-refractivity contribution in [3.63, 3.8) is 0 Å². The lowest BCUT2D eigenvalue weighted by Crippen LogP contribution is -2.08. The van der Waals surface area contributed by atoms with E-state index < -0.39 is 11.9 Å². The molecule has 0 heterocycles. The molecule has 0 aliphatic rings. The summed E-state index contributed by atoms with van der Waals surface area (Å²) in [6, 6.07) is 3.94. The Labute approximate surface area is 90.5 Å². The minimum atomic E-state index is -1.27. The third kappa shape index (κ3) is 3.02. The Balaban J connectivity index is 2.81. The van der Waals surface area contributed by atoms with E-state index in [1.165, 1.54) is 18.2 Å². The average Bonchev–Trinajstić information content (AvgIpc) is 2.21. The fraction of sp³-hybridized carbons (Fsp3) is 0. The van der Waals surface area contributed by atoms with E-state index in [-0.39, 0.29) is 17.2 Å². The molecule has 0 saturated heterocycles. The zero-order valence-electron chi connectivity index (χ0n) is 8.04. The zero-order chi connectivity index (χ0) is 12.1.